The van der Waals surface area contributed by atoms with Crippen molar-refractivity contribution in [2.45, 2.75) is 24.2 Å². The van der Waals surface area contributed by atoms with Gasteiger partial charge in [0, 0.05) is 31.4 Å². The predicted octanol–water partition coefficient (Wildman–Crippen LogP) is 0.872. The number of sulfonamides is 1. The maximum atomic E-state index is 12.6. The van der Waals surface area contributed by atoms with Crippen LogP contribution in [0.1, 0.15) is 18.4 Å². The van der Waals surface area contributed by atoms with Crippen LogP contribution in [0.4, 0.5) is 0 Å². The van der Waals surface area contributed by atoms with Crippen molar-refractivity contribution in [1.82, 2.24) is 20.1 Å². The number of nitrogens with one attached hydrogen (secondary N) is 2. The third-order valence-corrected chi connectivity index (χ3v) is 6.51. The van der Waals surface area contributed by atoms with E-state index in [0.29, 0.717) is 12.8 Å². The molecule has 0 unspecified atom stereocenters. The third kappa shape index (κ3) is 4.93. The quantitative estimate of drug-likeness (QED) is 0.722. The van der Waals surface area contributed by atoms with Gasteiger partial charge in [0.05, 0.1) is 6.42 Å². The number of amides is 2. The summed E-state index contributed by atoms with van der Waals surface area (Å²) in [6, 6.07) is 12.3. The summed E-state index contributed by atoms with van der Waals surface area (Å²) in [6.45, 7) is 0.487. The van der Waals surface area contributed by atoms with Crippen molar-refractivity contribution in [3.05, 3.63) is 60.4 Å². The van der Waals surface area contributed by atoms with Crippen LogP contribution in [-0.2, 0) is 26.0 Å². The second-order valence-corrected chi connectivity index (χ2v) is 8.50. The first kappa shape index (κ1) is 20.0. The van der Waals surface area contributed by atoms with Gasteiger partial charge in [-0.2, -0.15) is 4.31 Å². The Hall–Kier alpha value is -2.78. The lowest BCUT2D eigenvalue weighted by atomic mass is 9.98. The smallest absolute Gasteiger partial charge is 0.244 e. The molecule has 148 valence electrons. The van der Waals surface area contributed by atoms with E-state index in [9.17, 15) is 18.0 Å². The molecule has 28 heavy (non-hydrogen) atoms. The van der Waals surface area contributed by atoms with Crippen molar-refractivity contribution in [3.8, 4) is 0 Å². The van der Waals surface area contributed by atoms with Crippen molar-refractivity contribution < 1.29 is 18.0 Å². The number of hydrazine groups is 1. The number of pyridine rings is 1. The van der Waals surface area contributed by atoms with Gasteiger partial charge < -0.3 is 0 Å². The molecule has 0 atom stereocenters. The summed E-state index contributed by atoms with van der Waals surface area (Å²) in [5.41, 5.74) is 5.71. The summed E-state index contributed by atoms with van der Waals surface area (Å²) < 4.78 is 26.5. The molecule has 2 aromatic rings. The Morgan fingerprint density at radius 2 is 1.75 bits per heavy atom. The predicted molar refractivity (Wildman–Crippen MR) is 102 cm³/mol. The van der Waals surface area contributed by atoms with Gasteiger partial charge in [-0.3, -0.25) is 25.4 Å². The lowest BCUT2D eigenvalue weighted by Gasteiger charge is -2.30. The molecule has 0 saturated carbocycles. The van der Waals surface area contributed by atoms with E-state index in [1.807, 2.05) is 30.3 Å². The van der Waals surface area contributed by atoms with E-state index in [1.54, 1.807) is 6.07 Å². The number of rotatable bonds is 5. The fraction of sp³-hybridized carbons (Fsp3) is 0.316. The molecule has 1 saturated heterocycles. The van der Waals surface area contributed by atoms with Gasteiger partial charge in [0.15, 0.2) is 0 Å². The standard InChI is InChI=1S/C19H22N4O4S/c24-18(13-15-5-2-1-3-6-15)21-22-19(25)16-8-11-23(12-9-16)28(26,27)17-7-4-10-20-14-17/h1-7,10,14,16H,8-9,11-13H2,(H,21,24)(H,22,25). The molecule has 2 heterocycles. The molecular formula is C19H22N4O4S. The van der Waals surface area contributed by atoms with Crippen molar-refractivity contribution in [2.75, 3.05) is 13.1 Å². The number of nitrogens with zero attached hydrogens (tertiary/aromatic N) is 2. The summed E-state index contributed by atoms with van der Waals surface area (Å²) in [6.07, 6.45) is 3.78. The molecule has 2 amide bonds. The van der Waals surface area contributed by atoms with Crippen LogP contribution < -0.4 is 10.9 Å². The van der Waals surface area contributed by atoms with Gasteiger partial charge in [-0.15, -0.1) is 0 Å². The van der Waals surface area contributed by atoms with Crippen molar-refractivity contribution >= 4 is 21.8 Å². The maximum Gasteiger partial charge on any atom is 0.244 e. The fourth-order valence-corrected chi connectivity index (χ4v) is 4.50. The molecule has 1 aromatic heterocycles. The fourth-order valence-electron chi connectivity index (χ4n) is 3.07. The SMILES string of the molecule is O=C(Cc1ccccc1)NNC(=O)C1CCN(S(=O)(=O)c2cccnc2)CC1. The number of carbonyl (C=O) groups is 2. The number of carbonyl (C=O) groups excluding carboxylic acids is 2. The molecule has 1 aliphatic heterocycles. The first-order valence-electron chi connectivity index (χ1n) is 8.99. The van der Waals surface area contributed by atoms with Gasteiger partial charge in [0.2, 0.25) is 21.8 Å². The zero-order valence-electron chi connectivity index (χ0n) is 15.2. The van der Waals surface area contributed by atoms with Crippen LogP contribution in [0.5, 0.6) is 0 Å². The minimum atomic E-state index is -3.60. The second-order valence-electron chi connectivity index (χ2n) is 6.57. The average molecular weight is 402 g/mol. The van der Waals surface area contributed by atoms with Gasteiger partial charge in [-0.05, 0) is 30.5 Å². The lowest BCUT2D eigenvalue weighted by molar-refractivity contribution is -0.131. The van der Waals surface area contributed by atoms with E-state index < -0.39 is 10.0 Å². The lowest BCUT2D eigenvalue weighted by Crippen LogP contribution is -2.48. The van der Waals surface area contributed by atoms with Gasteiger partial charge in [0.1, 0.15) is 4.90 Å². The average Bonchev–Trinajstić information content (AvgIpc) is 2.73. The molecule has 1 aliphatic rings. The Labute approximate surface area is 164 Å². The normalized spacial score (nSPS) is 15.7. The monoisotopic (exact) mass is 402 g/mol. The Balaban J connectivity index is 1.47. The van der Waals surface area contributed by atoms with Gasteiger partial charge >= 0.3 is 0 Å². The van der Waals surface area contributed by atoms with Crippen molar-refractivity contribution in [1.29, 1.82) is 0 Å². The summed E-state index contributed by atoms with van der Waals surface area (Å²) in [7, 11) is -3.60. The van der Waals surface area contributed by atoms with Crippen molar-refractivity contribution in [2.24, 2.45) is 5.92 Å². The minimum absolute atomic E-state index is 0.145. The molecule has 9 heteroatoms. The Morgan fingerprint density at radius 3 is 2.39 bits per heavy atom. The molecule has 2 N–H and O–H groups in total. The van der Waals surface area contributed by atoms with Gasteiger partial charge in [-0.1, -0.05) is 30.3 Å². The zero-order chi connectivity index (χ0) is 20.0. The van der Waals surface area contributed by atoms with E-state index in [2.05, 4.69) is 15.8 Å². The van der Waals surface area contributed by atoms with E-state index in [4.69, 9.17) is 0 Å². The third-order valence-electron chi connectivity index (χ3n) is 4.63. The Morgan fingerprint density at radius 1 is 1.04 bits per heavy atom. The molecule has 0 spiro atoms. The number of hydrogen-bond acceptors (Lipinski definition) is 5. The van der Waals surface area contributed by atoms with Crippen LogP contribution in [0.3, 0.4) is 0 Å². The van der Waals surface area contributed by atoms with E-state index >= 15 is 0 Å². The summed E-state index contributed by atoms with van der Waals surface area (Å²) in [5.74, 6) is -0.964. The highest BCUT2D eigenvalue weighted by atomic mass is 32.2. The first-order valence-corrected chi connectivity index (χ1v) is 10.4. The molecule has 1 fully saturated rings. The maximum absolute atomic E-state index is 12.6. The topological polar surface area (TPSA) is 108 Å². The highest BCUT2D eigenvalue weighted by Crippen LogP contribution is 2.23. The first-order chi connectivity index (χ1) is 13.5. The summed E-state index contributed by atoms with van der Waals surface area (Å²) in [4.78, 5) is 28.2. The van der Waals surface area contributed by atoms with Crippen LogP contribution in [0, 0.1) is 5.92 Å². The van der Waals surface area contributed by atoms with E-state index in [1.165, 1.54) is 22.8 Å². The number of aromatic nitrogens is 1. The second kappa shape index (κ2) is 8.94. The molecule has 8 nitrogen and oxygen atoms in total. The number of benzene rings is 1. The van der Waals surface area contributed by atoms with Crippen molar-refractivity contribution in [3.63, 3.8) is 0 Å². The molecule has 0 radical (unpaired) electrons. The van der Waals surface area contributed by atoms with Gasteiger partial charge in [-0.25, -0.2) is 8.42 Å². The summed E-state index contributed by atoms with van der Waals surface area (Å²) in [5, 5.41) is 0. The van der Waals surface area contributed by atoms with Crippen LogP contribution in [-0.4, -0.2) is 42.6 Å². The number of hydrogen-bond donors (Lipinski definition) is 2. The Kier molecular flexibility index (Phi) is 6.37. The molecule has 3 rings (SSSR count). The van der Waals surface area contributed by atoms with Crippen LogP contribution in [0.25, 0.3) is 0 Å². The highest BCUT2D eigenvalue weighted by molar-refractivity contribution is 7.89. The summed E-state index contributed by atoms with van der Waals surface area (Å²) >= 11 is 0. The number of piperidine rings is 1. The molecular weight excluding hydrogens is 380 g/mol. The van der Waals surface area contributed by atoms with E-state index in [0.717, 1.165) is 5.56 Å². The molecule has 0 bridgehead atoms. The molecule has 0 aliphatic carbocycles. The Bertz CT molecular complexity index is 911. The minimum Gasteiger partial charge on any atom is -0.273 e. The molecule has 1 aromatic carbocycles. The highest BCUT2D eigenvalue weighted by Gasteiger charge is 2.32. The zero-order valence-corrected chi connectivity index (χ0v) is 16.1. The largest absolute Gasteiger partial charge is 0.273 e. The van der Waals surface area contributed by atoms with Gasteiger partial charge in [0.25, 0.3) is 0 Å². The van der Waals surface area contributed by atoms with E-state index in [-0.39, 0.29) is 42.1 Å². The van der Waals surface area contributed by atoms with Crippen LogP contribution in [0.15, 0.2) is 59.8 Å². The van der Waals surface area contributed by atoms with Crippen LogP contribution >= 0.6 is 0 Å². The van der Waals surface area contributed by atoms with Crippen LogP contribution in [0.2, 0.25) is 0 Å².